The summed E-state index contributed by atoms with van der Waals surface area (Å²) in [5.41, 5.74) is 2.15. The van der Waals surface area contributed by atoms with Crippen LogP contribution in [0.3, 0.4) is 0 Å². The Morgan fingerprint density at radius 3 is 1.33 bits per heavy atom. The van der Waals surface area contributed by atoms with Crippen molar-refractivity contribution >= 4 is 9.84 Å². The number of aromatic hydroxyl groups is 2. The van der Waals surface area contributed by atoms with Crippen molar-refractivity contribution in [2.24, 2.45) is 0 Å². The van der Waals surface area contributed by atoms with Gasteiger partial charge in [-0.3, -0.25) is 0 Å². The van der Waals surface area contributed by atoms with Crippen molar-refractivity contribution in [1.29, 1.82) is 0 Å². The van der Waals surface area contributed by atoms with Gasteiger partial charge in [-0.15, -0.1) is 0 Å². The Morgan fingerprint density at radius 1 is 0.667 bits per heavy atom. The molecule has 0 atom stereocenters. The fourth-order valence-corrected chi connectivity index (χ4v) is 4.11. The Hall–Kier alpha value is -2.01. The van der Waals surface area contributed by atoms with Crippen LogP contribution in [0.1, 0.15) is 22.3 Å². The van der Waals surface area contributed by atoms with Gasteiger partial charge < -0.3 is 10.2 Å². The van der Waals surface area contributed by atoms with Gasteiger partial charge in [-0.25, -0.2) is 8.42 Å². The fourth-order valence-electron chi connectivity index (χ4n) is 2.26. The van der Waals surface area contributed by atoms with E-state index in [0.717, 1.165) is 0 Å². The number of benzene rings is 2. The van der Waals surface area contributed by atoms with Gasteiger partial charge in [0, 0.05) is 0 Å². The first-order valence-corrected chi connectivity index (χ1v) is 7.99. The summed E-state index contributed by atoms with van der Waals surface area (Å²) >= 11 is 0. The molecular formula is C16H18O4S. The number of hydrogen-bond donors (Lipinski definition) is 2. The van der Waals surface area contributed by atoms with E-state index in [2.05, 4.69) is 0 Å². The molecular weight excluding hydrogens is 288 g/mol. The highest BCUT2D eigenvalue weighted by Crippen LogP contribution is 2.33. The third kappa shape index (κ3) is 2.38. The number of rotatable bonds is 2. The summed E-state index contributed by atoms with van der Waals surface area (Å²) in [7, 11) is -3.70. The van der Waals surface area contributed by atoms with Crippen LogP contribution in [-0.4, -0.2) is 18.6 Å². The Balaban J connectivity index is 2.75. The normalized spacial score (nSPS) is 11.6. The molecule has 0 saturated carbocycles. The van der Waals surface area contributed by atoms with Crippen molar-refractivity contribution < 1.29 is 18.6 Å². The van der Waals surface area contributed by atoms with E-state index in [1.54, 1.807) is 27.7 Å². The largest absolute Gasteiger partial charge is 0.508 e. The Bertz CT molecular complexity index is 757. The van der Waals surface area contributed by atoms with E-state index in [0.29, 0.717) is 22.3 Å². The molecule has 2 rings (SSSR count). The van der Waals surface area contributed by atoms with Gasteiger partial charge in [-0.05, 0) is 74.2 Å². The Morgan fingerprint density at radius 2 is 1.00 bits per heavy atom. The molecule has 0 radical (unpaired) electrons. The second kappa shape index (κ2) is 5.07. The number of phenols is 2. The van der Waals surface area contributed by atoms with Crippen molar-refractivity contribution in [1.82, 2.24) is 0 Å². The summed E-state index contributed by atoms with van der Waals surface area (Å²) in [6, 6.07) is 5.60. The molecule has 0 fully saturated rings. The lowest BCUT2D eigenvalue weighted by Crippen LogP contribution is -2.07. The second-order valence-electron chi connectivity index (χ2n) is 5.17. The van der Waals surface area contributed by atoms with Crippen LogP contribution in [0.25, 0.3) is 0 Å². The van der Waals surface area contributed by atoms with E-state index >= 15 is 0 Å². The van der Waals surface area contributed by atoms with E-state index in [1.165, 1.54) is 24.3 Å². The summed E-state index contributed by atoms with van der Waals surface area (Å²) in [6.45, 7) is 6.70. The molecule has 0 bridgehead atoms. The molecule has 2 aromatic rings. The van der Waals surface area contributed by atoms with Crippen molar-refractivity contribution in [3.05, 3.63) is 46.5 Å². The highest BCUT2D eigenvalue weighted by Gasteiger charge is 2.24. The van der Waals surface area contributed by atoms with E-state index in [-0.39, 0.29) is 21.3 Å². The molecule has 2 aromatic carbocycles. The molecule has 0 heterocycles. The van der Waals surface area contributed by atoms with E-state index in [9.17, 15) is 18.6 Å². The predicted octanol–water partition coefficient (Wildman–Crippen LogP) is 3.16. The van der Waals surface area contributed by atoms with Gasteiger partial charge in [0.05, 0.1) is 9.79 Å². The molecule has 0 aliphatic heterocycles. The van der Waals surface area contributed by atoms with Gasteiger partial charge in [0.2, 0.25) is 9.84 Å². The number of phenolic OH excluding ortho intramolecular Hbond substituents is 2. The van der Waals surface area contributed by atoms with Crippen molar-refractivity contribution in [3.63, 3.8) is 0 Å². The zero-order valence-corrected chi connectivity index (χ0v) is 13.2. The third-order valence-corrected chi connectivity index (χ3v) is 6.04. The first kappa shape index (κ1) is 15.4. The Labute approximate surface area is 124 Å². The minimum Gasteiger partial charge on any atom is -0.508 e. The molecule has 0 unspecified atom stereocenters. The molecule has 112 valence electrons. The molecule has 0 amide bonds. The topological polar surface area (TPSA) is 74.6 Å². The second-order valence-corrected chi connectivity index (χ2v) is 7.06. The lowest BCUT2D eigenvalue weighted by molar-refractivity contribution is 0.469. The van der Waals surface area contributed by atoms with Gasteiger partial charge in [-0.1, -0.05) is 0 Å². The van der Waals surface area contributed by atoms with E-state index < -0.39 is 9.84 Å². The summed E-state index contributed by atoms with van der Waals surface area (Å²) in [5.74, 6) is 0.148. The quantitative estimate of drug-likeness (QED) is 0.893. The van der Waals surface area contributed by atoms with Gasteiger partial charge in [-0.2, -0.15) is 0 Å². The summed E-state index contributed by atoms with van der Waals surface area (Å²) in [6.07, 6.45) is 0. The van der Waals surface area contributed by atoms with Gasteiger partial charge in [0.1, 0.15) is 11.5 Å². The van der Waals surface area contributed by atoms with Crippen molar-refractivity contribution in [2.75, 3.05) is 0 Å². The van der Waals surface area contributed by atoms with Crippen LogP contribution in [0.4, 0.5) is 0 Å². The predicted molar refractivity (Wildman–Crippen MR) is 80.6 cm³/mol. The smallest absolute Gasteiger partial charge is 0.207 e. The number of hydrogen-bond acceptors (Lipinski definition) is 4. The lowest BCUT2D eigenvalue weighted by Gasteiger charge is -2.14. The van der Waals surface area contributed by atoms with Crippen LogP contribution >= 0.6 is 0 Å². The molecule has 0 spiro atoms. The van der Waals surface area contributed by atoms with E-state index in [1.807, 2.05) is 0 Å². The Kier molecular flexibility index (Phi) is 3.72. The highest BCUT2D eigenvalue weighted by atomic mass is 32.2. The molecule has 2 N–H and O–H groups in total. The average Bonchev–Trinajstić information content (AvgIpc) is 2.41. The average molecular weight is 306 g/mol. The van der Waals surface area contributed by atoms with Crippen LogP contribution in [0.5, 0.6) is 11.5 Å². The maximum atomic E-state index is 12.8. The first-order valence-electron chi connectivity index (χ1n) is 6.51. The number of sulfone groups is 1. The van der Waals surface area contributed by atoms with Crippen molar-refractivity contribution in [3.8, 4) is 11.5 Å². The van der Waals surface area contributed by atoms with Crippen LogP contribution in [0.2, 0.25) is 0 Å². The van der Waals surface area contributed by atoms with E-state index in [4.69, 9.17) is 0 Å². The summed E-state index contributed by atoms with van der Waals surface area (Å²) in [5, 5.41) is 19.3. The molecule has 4 nitrogen and oxygen atoms in total. The minimum atomic E-state index is -3.70. The SMILES string of the molecule is Cc1c(O)ccc(S(=O)(=O)c2ccc(O)c(C)c2C)c1C. The minimum absolute atomic E-state index is 0.0741. The zero-order valence-electron chi connectivity index (χ0n) is 12.4. The van der Waals surface area contributed by atoms with Gasteiger partial charge in [0.25, 0.3) is 0 Å². The standard InChI is InChI=1S/C16H18O4S/c1-9-11(3)15(7-5-13(9)17)21(19,20)16-8-6-14(18)10(2)12(16)4/h5-8,17-18H,1-4H3. The van der Waals surface area contributed by atoms with Crippen LogP contribution in [0, 0.1) is 27.7 Å². The summed E-state index contributed by atoms with van der Waals surface area (Å²) in [4.78, 5) is 0.344. The van der Waals surface area contributed by atoms with Crippen LogP contribution in [-0.2, 0) is 9.84 Å². The molecule has 0 aliphatic rings. The third-order valence-electron chi connectivity index (χ3n) is 4.00. The maximum Gasteiger partial charge on any atom is 0.207 e. The van der Waals surface area contributed by atoms with Crippen LogP contribution < -0.4 is 0 Å². The zero-order chi connectivity index (χ0) is 15.9. The maximum absolute atomic E-state index is 12.8. The molecule has 0 aromatic heterocycles. The molecule has 21 heavy (non-hydrogen) atoms. The molecule has 0 aliphatic carbocycles. The van der Waals surface area contributed by atoms with Crippen molar-refractivity contribution in [2.45, 2.75) is 37.5 Å². The monoisotopic (exact) mass is 306 g/mol. The van der Waals surface area contributed by atoms with Gasteiger partial charge >= 0.3 is 0 Å². The summed E-state index contributed by atoms with van der Waals surface area (Å²) < 4.78 is 25.7. The highest BCUT2D eigenvalue weighted by molar-refractivity contribution is 7.91. The first-order chi connectivity index (χ1) is 9.67. The molecule has 5 heteroatoms. The van der Waals surface area contributed by atoms with Crippen LogP contribution in [0.15, 0.2) is 34.1 Å². The van der Waals surface area contributed by atoms with Gasteiger partial charge in [0.15, 0.2) is 0 Å². The molecule has 0 saturated heterocycles. The lowest BCUT2D eigenvalue weighted by atomic mass is 10.1. The fraction of sp³-hybridized carbons (Fsp3) is 0.250.